The number of carbonyl (C=O) groups is 1. The summed E-state index contributed by atoms with van der Waals surface area (Å²) < 4.78 is 1.97. The highest BCUT2D eigenvalue weighted by atomic mass is 79.9. The molecule has 1 aromatic heterocycles. The van der Waals surface area contributed by atoms with E-state index in [4.69, 9.17) is 5.11 Å². The molecule has 8 heteroatoms. The number of carboxylic acid groups (broad SMARTS) is 1. The molecule has 2 rings (SSSR count). The van der Waals surface area contributed by atoms with Gasteiger partial charge in [-0.05, 0) is 28.1 Å². The molecular formula is C10H6BrN3O4. The van der Waals surface area contributed by atoms with Gasteiger partial charge in [-0.15, -0.1) is 0 Å². The molecule has 0 radical (unpaired) electrons. The number of halogens is 1. The predicted molar refractivity (Wildman–Crippen MR) is 64.9 cm³/mol. The molecule has 2 aromatic rings. The lowest BCUT2D eigenvalue weighted by Gasteiger charge is -2.03. The van der Waals surface area contributed by atoms with Gasteiger partial charge in [0.15, 0.2) is 0 Å². The molecule has 92 valence electrons. The van der Waals surface area contributed by atoms with E-state index in [1.54, 1.807) is 6.20 Å². The van der Waals surface area contributed by atoms with Crippen LogP contribution >= 0.6 is 15.9 Å². The fourth-order valence-corrected chi connectivity index (χ4v) is 1.71. The second kappa shape index (κ2) is 4.57. The number of benzene rings is 1. The highest BCUT2D eigenvalue weighted by Gasteiger charge is 2.19. The maximum atomic E-state index is 10.9. The number of carboxylic acids is 1. The number of aromatic carboxylic acids is 1. The molecule has 1 heterocycles. The van der Waals surface area contributed by atoms with E-state index < -0.39 is 10.9 Å². The van der Waals surface area contributed by atoms with E-state index in [0.717, 1.165) is 6.07 Å². The molecule has 1 N–H and O–H groups in total. The molecule has 0 spiro atoms. The van der Waals surface area contributed by atoms with Gasteiger partial charge in [-0.3, -0.25) is 10.1 Å². The molecule has 0 saturated carbocycles. The average Bonchev–Trinajstić information content (AvgIpc) is 2.74. The SMILES string of the molecule is O=C(O)c1ccc(-n2cc(Br)cn2)c([N+](=O)[O-])c1. The molecule has 0 fully saturated rings. The Morgan fingerprint density at radius 1 is 1.50 bits per heavy atom. The number of nitrogens with zero attached hydrogens (tertiary/aromatic N) is 3. The van der Waals surface area contributed by atoms with Crippen molar-refractivity contribution in [2.24, 2.45) is 0 Å². The number of nitro groups is 1. The monoisotopic (exact) mass is 311 g/mol. The summed E-state index contributed by atoms with van der Waals surface area (Å²) in [5.41, 5.74) is -0.252. The highest BCUT2D eigenvalue weighted by Crippen LogP contribution is 2.24. The fraction of sp³-hybridized carbons (Fsp3) is 0. The highest BCUT2D eigenvalue weighted by molar-refractivity contribution is 9.10. The third-order valence-corrected chi connectivity index (χ3v) is 2.63. The minimum atomic E-state index is -1.22. The number of hydrogen-bond donors (Lipinski definition) is 1. The summed E-state index contributed by atoms with van der Waals surface area (Å²) in [5, 5.41) is 23.7. The van der Waals surface area contributed by atoms with Crippen LogP contribution in [0.5, 0.6) is 0 Å². The first-order valence-corrected chi connectivity index (χ1v) is 5.50. The standard InChI is InChI=1S/C10H6BrN3O4/c11-7-4-12-13(5-7)8-2-1-6(10(15)16)3-9(8)14(17)18/h1-5H,(H,15,16). The molecule has 0 aliphatic heterocycles. The first-order valence-electron chi connectivity index (χ1n) is 4.71. The molecule has 0 aliphatic rings. The Bertz CT molecular complexity index is 638. The van der Waals surface area contributed by atoms with Crippen LogP contribution in [0.25, 0.3) is 5.69 Å². The van der Waals surface area contributed by atoms with Crippen molar-refractivity contribution in [1.29, 1.82) is 0 Å². The van der Waals surface area contributed by atoms with Gasteiger partial charge in [-0.1, -0.05) is 0 Å². The van der Waals surface area contributed by atoms with Gasteiger partial charge in [-0.2, -0.15) is 5.10 Å². The second-order valence-electron chi connectivity index (χ2n) is 3.37. The maximum Gasteiger partial charge on any atom is 0.335 e. The molecule has 1 aromatic carbocycles. The van der Waals surface area contributed by atoms with Gasteiger partial charge in [0, 0.05) is 12.3 Å². The lowest BCUT2D eigenvalue weighted by molar-refractivity contribution is -0.384. The molecule has 0 saturated heterocycles. The summed E-state index contributed by atoms with van der Waals surface area (Å²) in [6.07, 6.45) is 3.03. The van der Waals surface area contributed by atoms with Gasteiger partial charge >= 0.3 is 5.97 Å². The summed E-state index contributed by atoms with van der Waals surface area (Å²) in [6, 6.07) is 3.65. The first-order chi connectivity index (χ1) is 8.49. The molecular weight excluding hydrogens is 306 g/mol. The third-order valence-electron chi connectivity index (χ3n) is 2.22. The smallest absolute Gasteiger partial charge is 0.335 e. The first kappa shape index (κ1) is 12.2. The van der Waals surface area contributed by atoms with Crippen LogP contribution in [0.3, 0.4) is 0 Å². The number of rotatable bonds is 3. The van der Waals surface area contributed by atoms with Crippen molar-refractivity contribution in [3.05, 3.63) is 50.7 Å². The number of hydrogen-bond acceptors (Lipinski definition) is 4. The second-order valence-corrected chi connectivity index (χ2v) is 4.28. The Morgan fingerprint density at radius 3 is 2.72 bits per heavy atom. The lowest BCUT2D eigenvalue weighted by Crippen LogP contribution is -2.04. The van der Waals surface area contributed by atoms with Crippen LogP contribution in [0.1, 0.15) is 10.4 Å². The molecule has 0 unspecified atom stereocenters. The molecule has 0 atom stereocenters. The molecule has 0 aliphatic carbocycles. The Balaban J connectivity index is 2.60. The van der Waals surface area contributed by atoms with Crippen LogP contribution in [0.15, 0.2) is 35.1 Å². The normalized spacial score (nSPS) is 10.3. The lowest BCUT2D eigenvalue weighted by atomic mass is 10.2. The zero-order valence-electron chi connectivity index (χ0n) is 8.78. The summed E-state index contributed by atoms with van der Waals surface area (Å²) in [7, 11) is 0. The molecule has 18 heavy (non-hydrogen) atoms. The van der Waals surface area contributed by atoms with E-state index in [1.807, 2.05) is 0 Å². The molecule has 0 bridgehead atoms. The van der Waals surface area contributed by atoms with Gasteiger partial charge in [0.05, 0.1) is 21.2 Å². The quantitative estimate of drug-likeness (QED) is 0.692. The summed E-state index contributed by atoms with van der Waals surface area (Å²) in [6.45, 7) is 0. The van der Waals surface area contributed by atoms with E-state index in [0.29, 0.717) is 4.47 Å². The van der Waals surface area contributed by atoms with E-state index >= 15 is 0 Å². The van der Waals surface area contributed by atoms with Crippen molar-refractivity contribution in [1.82, 2.24) is 9.78 Å². The zero-order valence-corrected chi connectivity index (χ0v) is 10.4. The summed E-state index contributed by atoms with van der Waals surface area (Å²) in [5.74, 6) is -1.22. The van der Waals surface area contributed by atoms with Crippen molar-refractivity contribution >= 4 is 27.6 Å². The third kappa shape index (κ3) is 2.23. The molecule has 7 nitrogen and oxygen atoms in total. The maximum absolute atomic E-state index is 10.9. The fourth-order valence-electron chi connectivity index (χ4n) is 1.43. The largest absolute Gasteiger partial charge is 0.478 e. The van der Waals surface area contributed by atoms with Crippen LogP contribution in [0, 0.1) is 10.1 Å². The van der Waals surface area contributed by atoms with Gasteiger partial charge in [0.2, 0.25) is 0 Å². The topological polar surface area (TPSA) is 98.3 Å². The van der Waals surface area contributed by atoms with E-state index in [9.17, 15) is 14.9 Å². The van der Waals surface area contributed by atoms with Crippen LogP contribution in [-0.4, -0.2) is 25.8 Å². The minimum Gasteiger partial charge on any atom is -0.478 e. The van der Waals surface area contributed by atoms with Crippen molar-refractivity contribution < 1.29 is 14.8 Å². The van der Waals surface area contributed by atoms with Crippen LogP contribution in [0.4, 0.5) is 5.69 Å². The van der Waals surface area contributed by atoms with Crippen molar-refractivity contribution in [3.8, 4) is 5.69 Å². The van der Waals surface area contributed by atoms with E-state index in [1.165, 1.54) is 23.0 Å². The number of nitro benzene ring substituents is 1. The van der Waals surface area contributed by atoms with Crippen molar-refractivity contribution in [2.45, 2.75) is 0 Å². The van der Waals surface area contributed by atoms with Gasteiger partial charge in [-0.25, -0.2) is 9.48 Å². The van der Waals surface area contributed by atoms with Crippen LogP contribution in [-0.2, 0) is 0 Å². The number of aromatic nitrogens is 2. The van der Waals surface area contributed by atoms with Crippen molar-refractivity contribution in [3.63, 3.8) is 0 Å². The van der Waals surface area contributed by atoms with Crippen LogP contribution in [0.2, 0.25) is 0 Å². The summed E-state index contributed by atoms with van der Waals surface area (Å²) >= 11 is 3.18. The van der Waals surface area contributed by atoms with E-state index in [2.05, 4.69) is 21.0 Å². The van der Waals surface area contributed by atoms with Gasteiger partial charge in [0.25, 0.3) is 5.69 Å². The van der Waals surface area contributed by atoms with E-state index in [-0.39, 0.29) is 16.9 Å². The Morgan fingerprint density at radius 2 is 2.22 bits per heavy atom. The van der Waals surface area contributed by atoms with Crippen LogP contribution < -0.4 is 0 Å². The molecule has 0 amide bonds. The van der Waals surface area contributed by atoms with Gasteiger partial charge < -0.3 is 5.11 Å². The Kier molecular flexibility index (Phi) is 3.11. The Labute approximate surface area is 109 Å². The van der Waals surface area contributed by atoms with Gasteiger partial charge in [0.1, 0.15) is 5.69 Å². The Hall–Kier alpha value is -2.22. The zero-order chi connectivity index (χ0) is 13.3. The average molecular weight is 312 g/mol. The minimum absolute atomic E-state index is 0.142. The predicted octanol–water partition coefficient (Wildman–Crippen LogP) is 2.24. The summed E-state index contributed by atoms with van der Waals surface area (Å²) in [4.78, 5) is 21.1. The van der Waals surface area contributed by atoms with Crippen molar-refractivity contribution in [2.75, 3.05) is 0 Å².